The summed E-state index contributed by atoms with van der Waals surface area (Å²) in [5.41, 5.74) is 2.60. The monoisotopic (exact) mass is 418 g/mol. The number of hydrogen-bond acceptors (Lipinski definition) is 6. The third kappa shape index (κ3) is 4.72. The van der Waals surface area contributed by atoms with Crippen molar-refractivity contribution in [2.75, 3.05) is 17.2 Å². The standard InChI is InChI=1S/C22H22N6O3/c1-3-31-18-10-8-17(9-11-18)25-20(30)16-6-4-15(5-7-16)13-23-21-26-22-24-14(2)12-19(29)28(22)27-21/h4-12H,3,13H2,1-2H3,(H,25,30)(H2,23,24,26,27). The van der Waals surface area contributed by atoms with E-state index in [1.54, 1.807) is 31.2 Å². The number of aryl methyl sites for hydroxylation is 1. The van der Waals surface area contributed by atoms with Gasteiger partial charge in [-0.3, -0.25) is 14.7 Å². The Morgan fingerprint density at radius 3 is 2.55 bits per heavy atom. The Labute approximate surface area is 178 Å². The quantitative estimate of drug-likeness (QED) is 0.425. The van der Waals surface area contributed by atoms with Crippen LogP contribution >= 0.6 is 0 Å². The number of nitrogens with one attached hydrogen (secondary N) is 3. The fourth-order valence-corrected chi connectivity index (χ4v) is 3.04. The van der Waals surface area contributed by atoms with E-state index >= 15 is 0 Å². The van der Waals surface area contributed by atoms with Gasteiger partial charge in [0.15, 0.2) is 0 Å². The minimum atomic E-state index is -0.217. The van der Waals surface area contributed by atoms with Gasteiger partial charge in [-0.15, -0.1) is 0 Å². The second-order valence-electron chi connectivity index (χ2n) is 6.91. The lowest BCUT2D eigenvalue weighted by Gasteiger charge is -2.08. The normalized spacial score (nSPS) is 10.8. The Morgan fingerprint density at radius 2 is 1.84 bits per heavy atom. The first-order chi connectivity index (χ1) is 15.0. The van der Waals surface area contributed by atoms with Crippen molar-refractivity contribution in [3.63, 3.8) is 0 Å². The molecule has 3 N–H and O–H groups in total. The molecule has 0 aliphatic heterocycles. The molecule has 9 heteroatoms. The van der Waals surface area contributed by atoms with Crippen molar-refractivity contribution in [2.45, 2.75) is 20.4 Å². The number of fused-ring (bicyclic) bond motifs is 1. The van der Waals surface area contributed by atoms with E-state index in [0.717, 1.165) is 11.3 Å². The zero-order chi connectivity index (χ0) is 21.8. The van der Waals surface area contributed by atoms with Gasteiger partial charge in [0.05, 0.1) is 6.61 Å². The van der Waals surface area contributed by atoms with Crippen LogP contribution in [-0.2, 0) is 6.54 Å². The third-order valence-corrected chi connectivity index (χ3v) is 4.56. The summed E-state index contributed by atoms with van der Waals surface area (Å²) < 4.78 is 6.68. The van der Waals surface area contributed by atoms with Crippen LogP contribution in [0.5, 0.6) is 5.75 Å². The van der Waals surface area contributed by atoms with Gasteiger partial charge >= 0.3 is 0 Å². The summed E-state index contributed by atoms with van der Waals surface area (Å²) in [6.45, 7) is 4.73. The van der Waals surface area contributed by atoms with E-state index in [0.29, 0.717) is 41.8 Å². The lowest BCUT2D eigenvalue weighted by molar-refractivity contribution is 0.102. The fourth-order valence-electron chi connectivity index (χ4n) is 3.04. The summed E-state index contributed by atoms with van der Waals surface area (Å²) in [5.74, 6) is 1.32. The van der Waals surface area contributed by atoms with Crippen LogP contribution in [0.1, 0.15) is 28.5 Å². The van der Waals surface area contributed by atoms with Crippen molar-refractivity contribution < 1.29 is 9.53 Å². The Morgan fingerprint density at radius 1 is 1.10 bits per heavy atom. The molecule has 1 amide bonds. The molecule has 2 heterocycles. The van der Waals surface area contributed by atoms with Gasteiger partial charge in [-0.1, -0.05) is 12.1 Å². The van der Waals surface area contributed by atoms with E-state index in [2.05, 4.69) is 25.7 Å². The number of H-pyrrole nitrogens is 1. The molecule has 2 aromatic carbocycles. The lowest BCUT2D eigenvalue weighted by atomic mass is 10.1. The smallest absolute Gasteiger partial charge is 0.274 e. The molecule has 9 nitrogen and oxygen atoms in total. The van der Waals surface area contributed by atoms with Gasteiger partial charge < -0.3 is 15.4 Å². The highest BCUT2D eigenvalue weighted by Crippen LogP contribution is 2.17. The van der Waals surface area contributed by atoms with E-state index in [1.807, 2.05) is 31.2 Å². The van der Waals surface area contributed by atoms with Crippen LogP contribution in [-0.4, -0.2) is 32.1 Å². The highest BCUT2D eigenvalue weighted by Gasteiger charge is 2.08. The number of aromatic amines is 1. The van der Waals surface area contributed by atoms with Gasteiger partial charge in [0.25, 0.3) is 17.2 Å². The van der Waals surface area contributed by atoms with Gasteiger partial charge in [-0.25, -0.2) is 4.98 Å². The maximum absolute atomic E-state index is 12.5. The number of amides is 1. The molecule has 0 bridgehead atoms. The van der Waals surface area contributed by atoms with Gasteiger partial charge in [-0.2, -0.15) is 9.50 Å². The molecule has 0 unspecified atom stereocenters. The van der Waals surface area contributed by atoms with Crippen molar-refractivity contribution in [2.24, 2.45) is 0 Å². The van der Waals surface area contributed by atoms with Crippen LogP contribution in [0.2, 0.25) is 0 Å². The first kappa shape index (κ1) is 20.1. The van der Waals surface area contributed by atoms with E-state index < -0.39 is 0 Å². The van der Waals surface area contributed by atoms with E-state index in [4.69, 9.17) is 4.74 Å². The second kappa shape index (κ2) is 8.70. The predicted molar refractivity (Wildman–Crippen MR) is 118 cm³/mol. The number of anilines is 2. The number of benzene rings is 2. The Hall–Kier alpha value is -4.14. The number of hydrogen-bond donors (Lipinski definition) is 3. The van der Waals surface area contributed by atoms with Crippen LogP contribution in [0, 0.1) is 6.92 Å². The third-order valence-electron chi connectivity index (χ3n) is 4.56. The first-order valence-corrected chi connectivity index (χ1v) is 9.85. The summed E-state index contributed by atoms with van der Waals surface area (Å²) in [6, 6.07) is 15.9. The number of carbonyl (C=O) groups is 1. The van der Waals surface area contributed by atoms with E-state index in [1.165, 1.54) is 10.6 Å². The summed E-state index contributed by atoms with van der Waals surface area (Å²) in [7, 11) is 0. The lowest BCUT2D eigenvalue weighted by Crippen LogP contribution is -2.14. The zero-order valence-electron chi connectivity index (χ0n) is 17.2. The average molecular weight is 418 g/mol. The summed E-state index contributed by atoms with van der Waals surface area (Å²) >= 11 is 0. The molecule has 158 valence electrons. The summed E-state index contributed by atoms with van der Waals surface area (Å²) in [4.78, 5) is 32.9. The largest absolute Gasteiger partial charge is 0.494 e. The second-order valence-corrected chi connectivity index (χ2v) is 6.91. The topological polar surface area (TPSA) is 113 Å². The molecule has 4 aromatic rings. The Bertz CT molecular complexity index is 1260. The molecule has 0 radical (unpaired) electrons. The van der Waals surface area contributed by atoms with E-state index in [-0.39, 0.29) is 11.5 Å². The summed E-state index contributed by atoms with van der Waals surface area (Å²) in [6.07, 6.45) is 0. The number of carbonyl (C=O) groups excluding carboxylic acids is 1. The molecule has 2 aromatic heterocycles. The number of rotatable bonds is 7. The molecule has 0 saturated heterocycles. The minimum absolute atomic E-state index is 0.193. The number of ether oxygens (including phenoxy) is 1. The van der Waals surface area contributed by atoms with Crippen molar-refractivity contribution in [1.82, 2.24) is 19.6 Å². The van der Waals surface area contributed by atoms with Gasteiger partial charge in [-0.05, 0) is 55.8 Å². The Kier molecular flexibility index (Phi) is 5.65. The molecule has 31 heavy (non-hydrogen) atoms. The molecule has 0 aliphatic carbocycles. The molecule has 0 saturated carbocycles. The highest BCUT2D eigenvalue weighted by atomic mass is 16.5. The molecular weight excluding hydrogens is 396 g/mol. The number of aromatic nitrogens is 4. The van der Waals surface area contributed by atoms with Gasteiger partial charge in [0.2, 0.25) is 5.95 Å². The van der Waals surface area contributed by atoms with Crippen LogP contribution < -0.4 is 20.9 Å². The Balaban J connectivity index is 1.37. The van der Waals surface area contributed by atoms with Crippen molar-refractivity contribution in [3.8, 4) is 5.75 Å². The molecule has 0 spiro atoms. The van der Waals surface area contributed by atoms with E-state index in [9.17, 15) is 9.59 Å². The average Bonchev–Trinajstić information content (AvgIpc) is 3.17. The number of nitrogens with zero attached hydrogens (tertiary/aromatic N) is 3. The summed E-state index contributed by atoms with van der Waals surface area (Å²) in [5, 5.41) is 8.86. The van der Waals surface area contributed by atoms with Gasteiger partial charge in [0, 0.05) is 29.6 Å². The zero-order valence-corrected chi connectivity index (χ0v) is 17.2. The first-order valence-electron chi connectivity index (χ1n) is 9.85. The van der Waals surface area contributed by atoms with Crippen molar-refractivity contribution in [1.29, 1.82) is 0 Å². The van der Waals surface area contributed by atoms with Crippen LogP contribution in [0.3, 0.4) is 0 Å². The predicted octanol–water partition coefficient (Wildman–Crippen LogP) is 2.99. The van der Waals surface area contributed by atoms with Crippen LogP contribution in [0.25, 0.3) is 5.78 Å². The SMILES string of the molecule is CCOc1ccc(NC(=O)c2ccc(CNc3nc4nc(C)cc(=O)n4[nH]3)cc2)cc1. The van der Waals surface area contributed by atoms with Crippen LogP contribution in [0.15, 0.2) is 59.4 Å². The highest BCUT2D eigenvalue weighted by molar-refractivity contribution is 6.04. The van der Waals surface area contributed by atoms with Crippen molar-refractivity contribution in [3.05, 3.63) is 81.8 Å². The maximum Gasteiger partial charge on any atom is 0.274 e. The molecule has 0 fully saturated rings. The van der Waals surface area contributed by atoms with Crippen LogP contribution in [0.4, 0.5) is 11.6 Å². The van der Waals surface area contributed by atoms with Gasteiger partial charge in [0.1, 0.15) is 5.75 Å². The van der Waals surface area contributed by atoms with Crippen molar-refractivity contribution >= 4 is 23.3 Å². The minimum Gasteiger partial charge on any atom is -0.494 e. The molecular formula is C22H22N6O3. The fraction of sp³-hybridized carbons (Fsp3) is 0.182. The molecule has 4 rings (SSSR count). The maximum atomic E-state index is 12.5. The molecule has 0 aliphatic rings. The molecule has 0 atom stereocenters.